The molecule has 1 heterocycles. The molecule has 0 N–H and O–H groups in total. The van der Waals surface area contributed by atoms with E-state index in [2.05, 4.69) is 29.1 Å². The second kappa shape index (κ2) is 5.54. The standard InChI is InChI=1S/C15H11BrFNO2/c1-3-11-12(4-2)15(20)18(14(11)19)10-6-5-9(8-16)13(17)7-10/h3-7H,1-2,8H2. The number of carbonyl (C=O) groups is 2. The highest BCUT2D eigenvalue weighted by Gasteiger charge is 2.36. The molecule has 0 saturated carbocycles. The van der Waals surface area contributed by atoms with Crippen molar-refractivity contribution in [2.45, 2.75) is 5.33 Å². The summed E-state index contributed by atoms with van der Waals surface area (Å²) in [7, 11) is 0. The van der Waals surface area contributed by atoms with Gasteiger partial charge in [-0.2, -0.15) is 0 Å². The third-order valence-electron chi connectivity index (χ3n) is 3.00. The molecule has 20 heavy (non-hydrogen) atoms. The molecule has 1 aromatic rings. The minimum atomic E-state index is -0.522. The van der Waals surface area contributed by atoms with Gasteiger partial charge in [-0.25, -0.2) is 9.29 Å². The number of carbonyl (C=O) groups excluding carboxylic acids is 2. The Bertz CT molecular complexity index is 634. The summed E-state index contributed by atoms with van der Waals surface area (Å²) in [6.07, 6.45) is 2.61. The second-order valence-electron chi connectivity index (χ2n) is 4.09. The molecule has 0 aliphatic carbocycles. The molecule has 102 valence electrons. The van der Waals surface area contributed by atoms with E-state index in [1.54, 1.807) is 0 Å². The van der Waals surface area contributed by atoms with Gasteiger partial charge in [0.2, 0.25) is 0 Å². The second-order valence-corrected chi connectivity index (χ2v) is 4.65. The molecule has 5 heteroatoms. The van der Waals surface area contributed by atoms with Crippen molar-refractivity contribution in [1.29, 1.82) is 0 Å². The molecule has 0 bridgehead atoms. The maximum absolute atomic E-state index is 13.8. The van der Waals surface area contributed by atoms with Crippen LogP contribution in [-0.2, 0) is 14.9 Å². The van der Waals surface area contributed by atoms with Gasteiger partial charge in [-0.05, 0) is 17.7 Å². The summed E-state index contributed by atoms with van der Waals surface area (Å²) in [6, 6.07) is 4.22. The van der Waals surface area contributed by atoms with E-state index in [9.17, 15) is 14.0 Å². The SMILES string of the molecule is C=CC1=C(C=C)C(=O)N(c2ccc(CBr)c(F)c2)C1=O. The number of imide groups is 1. The highest BCUT2D eigenvalue weighted by molar-refractivity contribution is 9.08. The van der Waals surface area contributed by atoms with E-state index in [1.165, 1.54) is 30.4 Å². The smallest absolute Gasteiger partial charge is 0.266 e. The van der Waals surface area contributed by atoms with E-state index in [0.717, 1.165) is 4.90 Å². The molecule has 0 unspecified atom stereocenters. The molecule has 0 saturated heterocycles. The molecular formula is C15H11BrFNO2. The van der Waals surface area contributed by atoms with Crippen LogP contribution in [0.25, 0.3) is 0 Å². The van der Waals surface area contributed by atoms with Gasteiger partial charge in [-0.3, -0.25) is 9.59 Å². The summed E-state index contributed by atoms with van der Waals surface area (Å²) < 4.78 is 13.8. The van der Waals surface area contributed by atoms with Gasteiger partial charge in [0.1, 0.15) is 5.82 Å². The number of hydrogen-bond donors (Lipinski definition) is 0. The number of hydrogen-bond acceptors (Lipinski definition) is 2. The van der Waals surface area contributed by atoms with Gasteiger partial charge in [-0.15, -0.1) is 0 Å². The monoisotopic (exact) mass is 335 g/mol. The molecule has 3 nitrogen and oxygen atoms in total. The number of rotatable bonds is 4. The molecule has 0 fully saturated rings. The third-order valence-corrected chi connectivity index (χ3v) is 3.61. The molecule has 2 amide bonds. The largest absolute Gasteiger partial charge is 0.268 e. The van der Waals surface area contributed by atoms with Crippen LogP contribution < -0.4 is 4.90 Å². The maximum Gasteiger partial charge on any atom is 0.266 e. The number of amides is 2. The van der Waals surface area contributed by atoms with Gasteiger partial charge in [0.05, 0.1) is 16.8 Å². The lowest BCUT2D eigenvalue weighted by molar-refractivity contribution is -0.120. The molecule has 1 aliphatic heterocycles. The Morgan fingerprint density at radius 3 is 2.10 bits per heavy atom. The van der Waals surface area contributed by atoms with Crippen molar-refractivity contribution in [3.05, 3.63) is 66.0 Å². The number of anilines is 1. The Morgan fingerprint density at radius 2 is 1.70 bits per heavy atom. The fraction of sp³-hybridized carbons (Fsp3) is 0.0667. The normalized spacial score (nSPS) is 15.0. The Kier molecular flexibility index (Phi) is 3.99. The van der Waals surface area contributed by atoms with Crippen LogP contribution in [0.3, 0.4) is 0 Å². The van der Waals surface area contributed by atoms with Gasteiger partial charge in [0, 0.05) is 5.33 Å². The van der Waals surface area contributed by atoms with Crippen molar-refractivity contribution in [1.82, 2.24) is 0 Å². The van der Waals surface area contributed by atoms with Crippen molar-refractivity contribution >= 4 is 33.4 Å². The van der Waals surface area contributed by atoms with Crippen molar-refractivity contribution in [2.24, 2.45) is 0 Å². The number of benzene rings is 1. The van der Waals surface area contributed by atoms with Gasteiger partial charge in [-0.1, -0.05) is 47.3 Å². The van der Waals surface area contributed by atoms with Crippen LogP contribution >= 0.6 is 15.9 Å². The Hall–Kier alpha value is -2.01. The molecule has 0 spiro atoms. The summed E-state index contributed by atoms with van der Waals surface area (Å²) in [6.45, 7) is 7.03. The zero-order chi connectivity index (χ0) is 14.9. The van der Waals surface area contributed by atoms with E-state index >= 15 is 0 Å². The zero-order valence-electron chi connectivity index (χ0n) is 10.5. The number of halogens is 2. The van der Waals surface area contributed by atoms with E-state index in [1.807, 2.05) is 0 Å². The van der Waals surface area contributed by atoms with Crippen LogP contribution in [0.4, 0.5) is 10.1 Å². The van der Waals surface area contributed by atoms with Crippen LogP contribution in [0.5, 0.6) is 0 Å². The molecule has 1 aliphatic rings. The van der Waals surface area contributed by atoms with E-state index in [4.69, 9.17) is 0 Å². The summed E-state index contributed by atoms with van der Waals surface area (Å²) in [5, 5.41) is 0.356. The predicted molar refractivity (Wildman–Crippen MR) is 78.9 cm³/mol. The zero-order valence-corrected chi connectivity index (χ0v) is 12.1. The van der Waals surface area contributed by atoms with Gasteiger partial charge in [0.15, 0.2) is 0 Å². The van der Waals surface area contributed by atoms with Crippen LogP contribution in [0.1, 0.15) is 5.56 Å². The topological polar surface area (TPSA) is 37.4 Å². The first kappa shape index (κ1) is 14.4. The first-order valence-corrected chi connectivity index (χ1v) is 6.89. The first-order valence-electron chi connectivity index (χ1n) is 5.77. The molecule has 0 aromatic heterocycles. The minimum Gasteiger partial charge on any atom is -0.268 e. The number of nitrogens with zero attached hydrogens (tertiary/aromatic N) is 1. The van der Waals surface area contributed by atoms with Gasteiger partial charge < -0.3 is 0 Å². The third kappa shape index (κ3) is 2.14. The summed E-state index contributed by atoms with van der Waals surface area (Å²) in [5.74, 6) is -1.52. The lowest BCUT2D eigenvalue weighted by Crippen LogP contribution is -2.31. The van der Waals surface area contributed by atoms with E-state index in [0.29, 0.717) is 10.9 Å². The van der Waals surface area contributed by atoms with Crippen LogP contribution in [-0.4, -0.2) is 11.8 Å². The Labute approximate surface area is 124 Å². The van der Waals surface area contributed by atoms with Crippen molar-refractivity contribution in [2.75, 3.05) is 4.90 Å². The number of alkyl halides is 1. The first-order chi connectivity index (χ1) is 9.54. The average Bonchev–Trinajstić information content (AvgIpc) is 2.68. The van der Waals surface area contributed by atoms with Gasteiger partial charge >= 0.3 is 0 Å². The Balaban J connectivity index is 2.48. The minimum absolute atomic E-state index is 0.176. The molecule has 2 rings (SSSR count). The molecule has 0 radical (unpaired) electrons. The predicted octanol–water partition coefficient (Wildman–Crippen LogP) is 3.26. The van der Waals surface area contributed by atoms with Crippen LogP contribution in [0.2, 0.25) is 0 Å². The van der Waals surface area contributed by atoms with Gasteiger partial charge in [0.25, 0.3) is 11.8 Å². The Morgan fingerprint density at radius 1 is 1.15 bits per heavy atom. The fourth-order valence-corrected chi connectivity index (χ4v) is 2.43. The van der Waals surface area contributed by atoms with Crippen molar-refractivity contribution < 1.29 is 14.0 Å². The maximum atomic E-state index is 13.8. The average molecular weight is 336 g/mol. The summed E-state index contributed by atoms with van der Waals surface area (Å²) >= 11 is 3.16. The highest BCUT2D eigenvalue weighted by Crippen LogP contribution is 2.29. The lowest BCUT2D eigenvalue weighted by atomic mass is 10.1. The highest BCUT2D eigenvalue weighted by atomic mass is 79.9. The van der Waals surface area contributed by atoms with Crippen LogP contribution in [0, 0.1) is 5.82 Å². The van der Waals surface area contributed by atoms with E-state index < -0.39 is 17.6 Å². The van der Waals surface area contributed by atoms with E-state index in [-0.39, 0.29) is 16.8 Å². The molecular weight excluding hydrogens is 325 g/mol. The van der Waals surface area contributed by atoms with Crippen molar-refractivity contribution in [3.63, 3.8) is 0 Å². The lowest BCUT2D eigenvalue weighted by Gasteiger charge is -2.15. The quantitative estimate of drug-likeness (QED) is 0.625. The fourth-order valence-electron chi connectivity index (χ4n) is 1.98. The summed E-state index contributed by atoms with van der Waals surface area (Å²) in [4.78, 5) is 25.3. The van der Waals surface area contributed by atoms with Crippen LogP contribution in [0.15, 0.2) is 54.7 Å². The molecule has 1 aromatic carbocycles. The van der Waals surface area contributed by atoms with Crippen molar-refractivity contribution in [3.8, 4) is 0 Å². The summed E-state index contributed by atoms with van der Waals surface area (Å²) in [5.41, 5.74) is 0.997. The molecule has 0 atom stereocenters.